The molecule has 2 fully saturated rings. The monoisotopic (exact) mass is 183 g/mol. The molecule has 0 unspecified atom stereocenters. The topological polar surface area (TPSA) is 57.6 Å². The van der Waals surface area contributed by atoms with Crippen molar-refractivity contribution < 1.29 is 14.7 Å². The minimum absolute atomic E-state index is 0.0196. The van der Waals surface area contributed by atoms with E-state index in [2.05, 4.69) is 0 Å². The van der Waals surface area contributed by atoms with E-state index in [1.807, 2.05) is 0 Å². The predicted molar refractivity (Wildman–Crippen MR) is 45.2 cm³/mol. The molecule has 0 aromatic heterocycles. The highest BCUT2D eigenvalue weighted by molar-refractivity contribution is 5.89. The standard InChI is InChI=1S/C9H13NO3/c11-7-3-1-4-9(8(12)13)5-2-6-10(7)9/h1-6H2,(H,12,13)/t9-/m0/s1. The molecule has 0 aromatic carbocycles. The van der Waals surface area contributed by atoms with Crippen LogP contribution < -0.4 is 0 Å². The smallest absolute Gasteiger partial charge is 0.329 e. The van der Waals surface area contributed by atoms with Crippen LogP contribution in [0.1, 0.15) is 32.1 Å². The lowest BCUT2D eigenvalue weighted by Crippen LogP contribution is -2.55. The Bertz CT molecular complexity index is 262. The van der Waals surface area contributed by atoms with Gasteiger partial charge in [-0.25, -0.2) is 4.79 Å². The van der Waals surface area contributed by atoms with E-state index in [4.69, 9.17) is 5.11 Å². The molecule has 0 bridgehead atoms. The second-order valence-electron chi connectivity index (χ2n) is 3.84. The van der Waals surface area contributed by atoms with Crippen molar-refractivity contribution in [3.05, 3.63) is 0 Å². The van der Waals surface area contributed by atoms with Gasteiger partial charge in [0.25, 0.3) is 0 Å². The molecule has 2 aliphatic rings. The lowest BCUT2D eigenvalue weighted by Gasteiger charge is -2.38. The summed E-state index contributed by atoms with van der Waals surface area (Å²) in [5.41, 5.74) is -0.838. The first-order valence-electron chi connectivity index (χ1n) is 4.71. The molecule has 4 heteroatoms. The van der Waals surface area contributed by atoms with Crippen molar-refractivity contribution in [2.24, 2.45) is 0 Å². The first-order valence-corrected chi connectivity index (χ1v) is 4.71. The maximum atomic E-state index is 11.4. The van der Waals surface area contributed by atoms with E-state index in [9.17, 15) is 9.59 Å². The third kappa shape index (κ3) is 1.04. The van der Waals surface area contributed by atoms with Gasteiger partial charge in [0.05, 0.1) is 0 Å². The van der Waals surface area contributed by atoms with E-state index < -0.39 is 11.5 Å². The minimum atomic E-state index is -0.838. The van der Waals surface area contributed by atoms with Gasteiger partial charge in [-0.05, 0) is 25.7 Å². The number of fused-ring (bicyclic) bond motifs is 1. The second-order valence-corrected chi connectivity index (χ2v) is 3.84. The molecular formula is C9H13NO3. The van der Waals surface area contributed by atoms with Gasteiger partial charge in [-0.3, -0.25) is 4.79 Å². The molecule has 0 spiro atoms. The maximum Gasteiger partial charge on any atom is 0.329 e. The Morgan fingerprint density at radius 1 is 1.38 bits per heavy atom. The van der Waals surface area contributed by atoms with Gasteiger partial charge in [0, 0.05) is 13.0 Å². The number of carboxylic acid groups (broad SMARTS) is 1. The average molecular weight is 183 g/mol. The van der Waals surface area contributed by atoms with Gasteiger partial charge in [0.2, 0.25) is 5.91 Å². The van der Waals surface area contributed by atoms with Crippen molar-refractivity contribution in [3.8, 4) is 0 Å². The molecule has 2 rings (SSSR count). The second kappa shape index (κ2) is 2.72. The van der Waals surface area contributed by atoms with Crippen LogP contribution in [0.4, 0.5) is 0 Å². The van der Waals surface area contributed by atoms with Gasteiger partial charge >= 0.3 is 5.97 Å². The summed E-state index contributed by atoms with van der Waals surface area (Å²) in [6, 6.07) is 0. The van der Waals surface area contributed by atoms with E-state index in [0.717, 1.165) is 12.8 Å². The quantitative estimate of drug-likeness (QED) is 0.648. The Balaban J connectivity index is 2.32. The van der Waals surface area contributed by atoms with Gasteiger partial charge in [-0.2, -0.15) is 0 Å². The van der Waals surface area contributed by atoms with Crippen molar-refractivity contribution in [1.29, 1.82) is 0 Å². The van der Waals surface area contributed by atoms with Gasteiger partial charge in [0.15, 0.2) is 0 Å². The lowest BCUT2D eigenvalue weighted by molar-refractivity contribution is -0.160. The fourth-order valence-corrected chi connectivity index (χ4v) is 2.50. The Hall–Kier alpha value is -1.06. The molecule has 0 saturated carbocycles. The minimum Gasteiger partial charge on any atom is -0.479 e. The van der Waals surface area contributed by atoms with Crippen LogP contribution >= 0.6 is 0 Å². The molecule has 72 valence electrons. The lowest BCUT2D eigenvalue weighted by atomic mass is 9.86. The number of carboxylic acids is 1. The van der Waals surface area contributed by atoms with Crippen LogP contribution in [-0.2, 0) is 9.59 Å². The number of carbonyl (C=O) groups excluding carboxylic acids is 1. The molecule has 1 amide bonds. The normalized spacial score (nSPS) is 33.2. The zero-order valence-electron chi connectivity index (χ0n) is 7.45. The summed E-state index contributed by atoms with van der Waals surface area (Å²) in [6.45, 7) is 0.630. The van der Waals surface area contributed by atoms with Crippen molar-refractivity contribution >= 4 is 11.9 Å². The summed E-state index contributed by atoms with van der Waals surface area (Å²) in [5.74, 6) is -0.802. The molecule has 0 radical (unpaired) electrons. The van der Waals surface area contributed by atoms with Crippen LogP contribution in [0, 0.1) is 0 Å². The molecule has 0 aromatic rings. The SMILES string of the molecule is O=C1CCC[C@@]2(C(=O)O)CCCN12. The zero-order chi connectivity index (χ0) is 9.47. The molecule has 2 heterocycles. The molecule has 0 aliphatic carbocycles. The van der Waals surface area contributed by atoms with Crippen LogP contribution in [0.5, 0.6) is 0 Å². The predicted octanol–water partition coefficient (Wildman–Crippen LogP) is 0.616. The van der Waals surface area contributed by atoms with Crippen molar-refractivity contribution in [3.63, 3.8) is 0 Å². The Labute approximate surface area is 76.5 Å². The molecule has 2 saturated heterocycles. The number of rotatable bonds is 1. The van der Waals surface area contributed by atoms with Crippen LogP contribution in [0.2, 0.25) is 0 Å². The number of aliphatic carboxylic acids is 1. The highest BCUT2D eigenvalue weighted by Gasteiger charge is 2.51. The summed E-state index contributed by atoms with van der Waals surface area (Å²) in [5, 5.41) is 9.12. The summed E-state index contributed by atoms with van der Waals surface area (Å²) in [4.78, 5) is 24.1. The van der Waals surface area contributed by atoms with E-state index in [1.165, 1.54) is 0 Å². The van der Waals surface area contributed by atoms with E-state index in [0.29, 0.717) is 25.8 Å². The molecule has 4 nitrogen and oxygen atoms in total. The van der Waals surface area contributed by atoms with Crippen molar-refractivity contribution in [2.75, 3.05) is 6.54 Å². The largest absolute Gasteiger partial charge is 0.479 e. The molecule has 2 aliphatic heterocycles. The third-order valence-electron chi connectivity index (χ3n) is 3.17. The number of hydrogen-bond donors (Lipinski definition) is 1. The first kappa shape index (κ1) is 8.53. The van der Waals surface area contributed by atoms with Gasteiger partial charge in [-0.15, -0.1) is 0 Å². The summed E-state index contributed by atoms with van der Waals surface area (Å²) in [6.07, 6.45) is 3.34. The Kier molecular flexibility index (Phi) is 1.78. The van der Waals surface area contributed by atoms with Crippen LogP contribution in [-0.4, -0.2) is 34.0 Å². The number of amides is 1. The maximum absolute atomic E-state index is 11.4. The van der Waals surface area contributed by atoms with Crippen LogP contribution in [0.3, 0.4) is 0 Å². The molecule has 13 heavy (non-hydrogen) atoms. The highest BCUT2D eigenvalue weighted by Crippen LogP contribution is 2.38. The third-order valence-corrected chi connectivity index (χ3v) is 3.17. The molecular weight excluding hydrogens is 170 g/mol. The van der Waals surface area contributed by atoms with Crippen molar-refractivity contribution in [2.45, 2.75) is 37.6 Å². The number of carbonyl (C=O) groups is 2. The van der Waals surface area contributed by atoms with Gasteiger partial charge in [0.1, 0.15) is 5.54 Å². The highest BCUT2D eigenvalue weighted by atomic mass is 16.4. The van der Waals surface area contributed by atoms with E-state index in [-0.39, 0.29) is 5.91 Å². The summed E-state index contributed by atoms with van der Waals surface area (Å²) >= 11 is 0. The summed E-state index contributed by atoms with van der Waals surface area (Å²) < 4.78 is 0. The Morgan fingerprint density at radius 3 is 2.69 bits per heavy atom. The first-order chi connectivity index (χ1) is 6.17. The van der Waals surface area contributed by atoms with Crippen molar-refractivity contribution in [1.82, 2.24) is 4.90 Å². The van der Waals surface area contributed by atoms with Gasteiger partial charge < -0.3 is 10.0 Å². The zero-order valence-corrected chi connectivity index (χ0v) is 7.45. The van der Waals surface area contributed by atoms with Gasteiger partial charge in [-0.1, -0.05) is 0 Å². The van der Waals surface area contributed by atoms with E-state index in [1.54, 1.807) is 4.90 Å². The fraction of sp³-hybridized carbons (Fsp3) is 0.778. The van der Waals surface area contributed by atoms with E-state index >= 15 is 0 Å². The average Bonchev–Trinajstić information content (AvgIpc) is 2.50. The molecule has 1 atom stereocenters. The summed E-state index contributed by atoms with van der Waals surface area (Å²) in [7, 11) is 0. The Morgan fingerprint density at radius 2 is 2.08 bits per heavy atom. The number of piperidine rings is 1. The number of nitrogens with zero attached hydrogens (tertiary/aromatic N) is 1. The fourth-order valence-electron chi connectivity index (χ4n) is 2.50. The number of hydrogen-bond acceptors (Lipinski definition) is 2. The molecule has 1 N–H and O–H groups in total. The van der Waals surface area contributed by atoms with Crippen LogP contribution in [0.25, 0.3) is 0 Å². The van der Waals surface area contributed by atoms with Crippen LogP contribution in [0.15, 0.2) is 0 Å².